The maximum absolute atomic E-state index is 12.9. The Kier molecular flexibility index (Phi) is 4.34. The molecule has 21 heavy (non-hydrogen) atoms. The lowest BCUT2D eigenvalue weighted by Gasteiger charge is -2.24. The Labute approximate surface area is 126 Å². The van der Waals surface area contributed by atoms with E-state index in [1.54, 1.807) is 0 Å². The van der Waals surface area contributed by atoms with Gasteiger partial charge >= 0.3 is 0 Å². The van der Waals surface area contributed by atoms with Crippen LogP contribution < -0.4 is 4.90 Å². The van der Waals surface area contributed by atoms with Crippen LogP contribution in [0.25, 0.3) is 0 Å². The molecule has 0 radical (unpaired) electrons. The first-order chi connectivity index (χ1) is 10.4. The summed E-state index contributed by atoms with van der Waals surface area (Å²) in [5.74, 6) is 0.116. The standard InChI is InChI=1S/C19H21NO/c21-19(17-12-5-3-6-13-17)20-15-9-2-1-4-10-16-11-7-8-14-18(16)20/h3,5-8,11-14H,1-2,4,9-10,15H2. The first-order valence-corrected chi connectivity index (χ1v) is 7.81. The van der Waals surface area contributed by atoms with E-state index >= 15 is 0 Å². The lowest BCUT2D eigenvalue weighted by atomic mass is 10.0. The fourth-order valence-corrected chi connectivity index (χ4v) is 2.99. The summed E-state index contributed by atoms with van der Waals surface area (Å²) in [6.45, 7) is 0.810. The highest BCUT2D eigenvalue weighted by Crippen LogP contribution is 2.26. The number of fused-ring (bicyclic) bond motifs is 1. The molecule has 1 aliphatic heterocycles. The molecule has 0 spiro atoms. The Morgan fingerprint density at radius 3 is 2.38 bits per heavy atom. The van der Waals surface area contributed by atoms with Crippen molar-refractivity contribution in [3.05, 3.63) is 65.7 Å². The van der Waals surface area contributed by atoms with E-state index in [-0.39, 0.29) is 5.91 Å². The zero-order chi connectivity index (χ0) is 14.5. The minimum absolute atomic E-state index is 0.116. The number of para-hydroxylation sites is 1. The van der Waals surface area contributed by atoms with Crippen molar-refractivity contribution in [1.82, 2.24) is 0 Å². The van der Waals surface area contributed by atoms with Crippen LogP contribution in [0.4, 0.5) is 5.69 Å². The summed E-state index contributed by atoms with van der Waals surface area (Å²) >= 11 is 0. The largest absolute Gasteiger partial charge is 0.308 e. The molecule has 0 unspecified atom stereocenters. The van der Waals surface area contributed by atoms with Crippen molar-refractivity contribution in [3.63, 3.8) is 0 Å². The van der Waals surface area contributed by atoms with Crippen molar-refractivity contribution in [2.45, 2.75) is 32.1 Å². The SMILES string of the molecule is O=C(c1ccccc1)N1CCCCCCc2ccccc21. The summed E-state index contributed by atoms with van der Waals surface area (Å²) in [4.78, 5) is 14.8. The van der Waals surface area contributed by atoms with E-state index in [1.807, 2.05) is 41.3 Å². The van der Waals surface area contributed by atoms with E-state index in [4.69, 9.17) is 0 Å². The molecule has 1 amide bonds. The number of nitrogens with zero attached hydrogens (tertiary/aromatic N) is 1. The normalized spacial score (nSPS) is 15.5. The van der Waals surface area contributed by atoms with E-state index < -0.39 is 0 Å². The number of hydrogen-bond donors (Lipinski definition) is 0. The predicted molar refractivity (Wildman–Crippen MR) is 86.7 cm³/mol. The van der Waals surface area contributed by atoms with Gasteiger partial charge in [0.15, 0.2) is 0 Å². The number of carbonyl (C=O) groups excluding carboxylic acids is 1. The second-order valence-corrected chi connectivity index (χ2v) is 5.62. The summed E-state index contributed by atoms with van der Waals surface area (Å²) < 4.78 is 0. The highest BCUT2D eigenvalue weighted by atomic mass is 16.2. The van der Waals surface area contributed by atoms with Crippen molar-refractivity contribution in [3.8, 4) is 0 Å². The number of anilines is 1. The Bertz CT molecular complexity index is 606. The Morgan fingerprint density at radius 2 is 1.52 bits per heavy atom. The van der Waals surface area contributed by atoms with Gasteiger partial charge in [0.05, 0.1) is 0 Å². The molecule has 1 heterocycles. The summed E-state index contributed by atoms with van der Waals surface area (Å²) in [7, 11) is 0. The van der Waals surface area contributed by atoms with Crippen molar-refractivity contribution in [2.75, 3.05) is 11.4 Å². The second-order valence-electron chi connectivity index (χ2n) is 5.62. The highest BCUT2D eigenvalue weighted by Gasteiger charge is 2.20. The predicted octanol–water partition coefficient (Wildman–Crippen LogP) is 4.45. The third-order valence-electron chi connectivity index (χ3n) is 4.13. The Morgan fingerprint density at radius 1 is 0.810 bits per heavy atom. The van der Waals surface area contributed by atoms with Gasteiger partial charge < -0.3 is 4.90 Å². The lowest BCUT2D eigenvalue weighted by Crippen LogP contribution is -2.32. The maximum Gasteiger partial charge on any atom is 0.258 e. The zero-order valence-corrected chi connectivity index (χ0v) is 12.3. The van der Waals surface area contributed by atoms with Crippen LogP contribution >= 0.6 is 0 Å². The molecular formula is C19H21NO. The van der Waals surface area contributed by atoms with Crippen LogP contribution in [-0.2, 0) is 6.42 Å². The molecule has 0 aliphatic carbocycles. The van der Waals surface area contributed by atoms with Crippen LogP contribution in [0.5, 0.6) is 0 Å². The van der Waals surface area contributed by atoms with Gasteiger partial charge in [0.25, 0.3) is 5.91 Å². The molecule has 2 aromatic rings. The monoisotopic (exact) mass is 279 g/mol. The van der Waals surface area contributed by atoms with Crippen molar-refractivity contribution in [2.24, 2.45) is 0 Å². The minimum Gasteiger partial charge on any atom is -0.308 e. The van der Waals surface area contributed by atoms with Crippen LogP contribution in [0.15, 0.2) is 54.6 Å². The van der Waals surface area contributed by atoms with E-state index in [2.05, 4.69) is 18.2 Å². The van der Waals surface area contributed by atoms with Gasteiger partial charge in [-0.25, -0.2) is 0 Å². The van der Waals surface area contributed by atoms with E-state index in [1.165, 1.54) is 24.8 Å². The van der Waals surface area contributed by atoms with Gasteiger partial charge in [-0.1, -0.05) is 49.2 Å². The van der Waals surface area contributed by atoms with Gasteiger partial charge in [-0.05, 0) is 43.0 Å². The molecule has 0 N–H and O–H groups in total. The van der Waals surface area contributed by atoms with E-state index in [0.717, 1.165) is 30.6 Å². The molecule has 3 rings (SSSR count). The van der Waals surface area contributed by atoms with E-state index in [9.17, 15) is 4.79 Å². The number of rotatable bonds is 1. The number of hydrogen-bond acceptors (Lipinski definition) is 1. The van der Waals surface area contributed by atoms with Gasteiger partial charge in [0, 0.05) is 17.8 Å². The third kappa shape index (κ3) is 3.15. The fourth-order valence-electron chi connectivity index (χ4n) is 2.99. The first kappa shape index (κ1) is 13.9. The van der Waals surface area contributed by atoms with Crippen molar-refractivity contribution < 1.29 is 4.79 Å². The third-order valence-corrected chi connectivity index (χ3v) is 4.13. The maximum atomic E-state index is 12.9. The van der Waals surface area contributed by atoms with E-state index in [0.29, 0.717) is 0 Å². The minimum atomic E-state index is 0.116. The Balaban J connectivity index is 1.97. The molecule has 2 aromatic carbocycles. The fraction of sp³-hybridized carbons (Fsp3) is 0.316. The molecule has 1 aliphatic rings. The van der Waals surface area contributed by atoms with Gasteiger partial charge in [0.2, 0.25) is 0 Å². The second kappa shape index (κ2) is 6.57. The smallest absolute Gasteiger partial charge is 0.258 e. The molecule has 2 heteroatoms. The number of amides is 1. The molecule has 0 atom stereocenters. The van der Waals surface area contributed by atoms with Crippen LogP contribution in [0.3, 0.4) is 0 Å². The summed E-state index contributed by atoms with van der Waals surface area (Å²) in [6, 6.07) is 17.9. The van der Waals surface area contributed by atoms with Crippen LogP contribution in [0, 0.1) is 0 Å². The molecule has 0 fully saturated rings. The molecule has 0 saturated heterocycles. The molecule has 0 saturated carbocycles. The number of benzene rings is 2. The summed E-state index contributed by atoms with van der Waals surface area (Å²) in [6.07, 6.45) is 5.81. The quantitative estimate of drug-likeness (QED) is 0.755. The van der Waals surface area contributed by atoms with Gasteiger partial charge in [-0.2, -0.15) is 0 Å². The molecule has 2 nitrogen and oxygen atoms in total. The van der Waals surface area contributed by atoms with Crippen LogP contribution in [0.2, 0.25) is 0 Å². The number of aryl methyl sites for hydroxylation is 1. The van der Waals surface area contributed by atoms with Gasteiger partial charge in [0.1, 0.15) is 0 Å². The van der Waals surface area contributed by atoms with Crippen molar-refractivity contribution >= 4 is 11.6 Å². The summed E-state index contributed by atoms with van der Waals surface area (Å²) in [5.41, 5.74) is 3.16. The van der Waals surface area contributed by atoms with Crippen LogP contribution in [0.1, 0.15) is 41.6 Å². The molecule has 0 bridgehead atoms. The van der Waals surface area contributed by atoms with Gasteiger partial charge in [-0.3, -0.25) is 4.79 Å². The summed E-state index contributed by atoms with van der Waals surface area (Å²) in [5, 5.41) is 0. The average Bonchev–Trinajstić information content (AvgIpc) is 2.65. The average molecular weight is 279 g/mol. The zero-order valence-electron chi connectivity index (χ0n) is 12.3. The molecule has 108 valence electrons. The van der Waals surface area contributed by atoms with Gasteiger partial charge in [-0.15, -0.1) is 0 Å². The Hall–Kier alpha value is -2.09. The molecular weight excluding hydrogens is 258 g/mol. The van der Waals surface area contributed by atoms with Crippen molar-refractivity contribution in [1.29, 1.82) is 0 Å². The highest BCUT2D eigenvalue weighted by molar-refractivity contribution is 6.06. The topological polar surface area (TPSA) is 20.3 Å². The lowest BCUT2D eigenvalue weighted by molar-refractivity contribution is 0.0986. The van der Waals surface area contributed by atoms with Crippen LogP contribution in [-0.4, -0.2) is 12.5 Å². The number of carbonyl (C=O) groups is 1. The molecule has 0 aromatic heterocycles. The first-order valence-electron chi connectivity index (χ1n) is 7.81.